The lowest BCUT2D eigenvalue weighted by Gasteiger charge is -2.23. The molecule has 5 heteroatoms. The summed E-state index contributed by atoms with van der Waals surface area (Å²) < 4.78 is 10.9. The Bertz CT molecular complexity index is 236. The zero-order valence-corrected chi connectivity index (χ0v) is 12.5. The van der Waals surface area contributed by atoms with Crippen molar-refractivity contribution in [2.24, 2.45) is 0 Å². The van der Waals surface area contributed by atoms with Gasteiger partial charge in [0.05, 0.1) is 13.2 Å². The second-order valence-electron chi connectivity index (χ2n) is 5.57. The van der Waals surface area contributed by atoms with Gasteiger partial charge >= 0.3 is 0 Å². The van der Waals surface area contributed by atoms with Crippen molar-refractivity contribution in [1.29, 1.82) is 0 Å². The lowest BCUT2D eigenvalue weighted by atomic mass is 10.1. The van der Waals surface area contributed by atoms with Gasteiger partial charge in [-0.2, -0.15) is 0 Å². The molecule has 0 amide bonds. The van der Waals surface area contributed by atoms with Gasteiger partial charge in [-0.3, -0.25) is 0 Å². The molecule has 0 aromatic heterocycles. The Hall–Kier alpha value is -0.200. The van der Waals surface area contributed by atoms with Gasteiger partial charge in [0.25, 0.3) is 0 Å². The summed E-state index contributed by atoms with van der Waals surface area (Å²) in [5, 5.41) is 28.3. The largest absolute Gasteiger partial charge is 0.394 e. The third-order valence-electron chi connectivity index (χ3n) is 3.79. The van der Waals surface area contributed by atoms with Gasteiger partial charge in [-0.1, -0.05) is 45.4 Å². The summed E-state index contributed by atoms with van der Waals surface area (Å²) in [5.41, 5.74) is 0. The molecular formula is C15H30O5. The molecule has 3 N–H and O–H groups in total. The molecule has 1 fully saturated rings. The summed E-state index contributed by atoms with van der Waals surface area (Å²) in [5.74, 6) is 0. The van der Waals surface area contributed by atoms with Crippen molar-refractivity contribution in [3.05, 3.63) is 0 Å². The van der Waals surface area contributed by atoms with Gasteiger partial charge in [0, 0.05) is 6.61 Å². The van der Waals surface area contributed by atoms with Gasteiger partial charge in [0.15, 0.2) is 0 Å². The molecule has 0 aliphatic carbocycles. The molecule has 0 aromatic rings. The maximum atomic E-state index is 9.76. The highest BCUT2D eigenvalue weighted by atomic mass is 16.6. The molecule has 0 unspecified atom stereocenters. The Morgan fingerprint density at radius 2 is 1.80 bits per heavy atom. The van der Waals surface area contributed by atoms with E-state index in [2.05, 4.69) is 6.92 Å². The molecule has 4 atom stereocenters. The van der Waals surface area contributed by atoms with Gasteiger partial charge in [-0.05, 0) is 6.42 Å². The van der Waals surface area contributed by atoms with Crippen LogP contribution in [0.4, 0.5) is 0 Å². The summed E-state index contributed by atoms with van der Waals surface area (Å²) in [6.45, 7) is 2.55. The van der Waals surface area contributed by atoms with Crippen LogP contribution < -0.4 is 0 Å². The van der Waals surface area contributed by atoms with Gasteiger partial charge < -0.3 is 24.8 Å². The Labute approximate surface area is 121 Å². The van der Waals surface area contributed by atoms with Gasteiger partial charge in [0.1, 0.15) is 24.4 Å². The molecule has 1 aliphatic heterocycles. The Kier molecular flexibility index (Phi) is 9.39. The molecule has 5 nitrogen and oxygen atoms in total. The smallest absolute Gasteiger partial charge is 0.114 e. The molecule has 0 bridgehead atoms. The summed E-state index contributed by atoms with van der Waals surface area (Å²) in [6, 6.07) is 0. The van der Waals surface area contributed by atoms with Crippen molar-refractivity contribution in [2.75, 3.05) is 19.8 Å². The van der Waals surface area contributed by atoms with E-state index in [1.54, 1.807) is 0 Å². The van der Waals surface area contributed by atoms with E-state index < -0.39 is 24.4 Å². The first-order chi connectivity index (χ1) is 9.70. The number of aliphatic hydroxyl groups excluding tert-OH is 3. The number of aliphatic hydroxyl groups is 3. The van der Waals surface area contributed by atoms with Crippen molar-refractivity contribution >= 4 is 0 Å². The van der Waals surface area contributed by atoms with E-state index in [1.807, 2.05) is 0 Å². The SMILES string of the molecule is CCCCCCCCCO[C@@H]1[C@H]([C@H](O)CO)OC[C@@H]1O. The Balaban J connectivity index is 2.10. The van der Waals surface area contributed by atoms with E-state index in [0.717, 1.165) is 12.8 Å². The van der Waals surface area contributed by atoms with Crippen LogP contribution in [0.1, 0.15) is 51.9 Å². The van der Waals surface area contributed by atoms with Crippen molar-refractivity contribution in [3.63, 3.8) is 0 Å². The Morgan fingerprint density at radius 3 is 2.45 bits per heavy atom. The zero-order valence-electron chi connectivity index (χ0n) is 12.5. The van der Waals surface area contributed by atoms with Crippen LogP contribution in [0, 0.1) is 0 Å². The predicted octanol–water partition coefficient (Wildman–Crippen LogP) is 1.24. The molecule has 0 aromatic carbocycles. The predicted molar refractivity (Wildman–Crippen MR) is 76.6 cm³/mol. The zero-order chi connectivity index (χ0) is 14.8. The third kappa shape index (κ3) is 6.06. The normalized spacial score (nSPS) is 27.9. The van der Waals surface area contributed by atoms with Crippen LogP contribution in [0.5, 0.6) is 0 Å². The van der Waals surface area contributed by atoms with E-state index in [0.29, 0.717) is 6.61 Å². The fourth-order valence-electron chi connectivity index (χ4n) is 2.54. The maximum Gasteiger partial charge on any atom is 0.114 e. The van der Waals surface area contributed by atoms with Crippen molar-refractivity contribution in [3.8, 4) is 0 Å². The highest BCUT2D eigenvalue weighted by Gasteiger charge is 2.40. The van der Waals surface area contributed by atoms with Crippen LogP contribution in [0.15, 0.2) is 0 Å². The third-order valence-corrected chi connectivity index (χ3v) is 3.79. The van der Waals surface area contributed by atoms with Crippen molar-refractivity contribution < 1.29 is 24.8 Å². The molecule has 1 aliphatic rings. The number of rotatable bonds is 11. The van der Waals surface area contributed by atoms with Crippen LogP contribution in [-0.4, -0.2) is 59.6 Å². The standard InChI is InChI=1S/C15H30O5/c1-2-3-4-5-6-7-8-9-19-15-13(18)11-20-14(15)12(17)10-16/h12-18H,2-11H2,1H3/t12-,13+,14+,15+/m1/s1. The molecule has 1 heterocycles. The van der Waals surface area contributed by atoms with Crippen molar-refractivity contribution in [2.45, 2.75) is 76.3 Å². The molecule has 1 saturated heterocycles. The van der Waals surface area contributed by atoms with E-state index in [4.69, 9.17) is 14.6 Å². The van der Waals surface area contributed by atoms with E-state index >= 15 is 0 Å². The molecule has 0 saturated carbocycles. The molecule has 0 spiro atoms. The summed E-state index contributed by atoms with van der Waals surface area (Å²) in [6.07, 6.45) is 5.58. The summed E-state index contributed by atoms with van der Waals surface area (Å²) in [4.78, 5) is 0. The quantitative estimate of drug-likeness (QED) is 0.499. The molecule has 0 radical (unpaired) electrons. The van der Waals surface area contributed by atoms with Crippen LogP contribution in [-0.2, 0) is 9.47 Å². The summed E-state index contributed by atoms with van der Waals surface area (Å²) >= 11 is 0. The van der Waals surface area contributed by atoms with Crippen LogP contribution in [0.2, 0.25) is 0 Å². The first-order valence-electron chi connectivity index (χ1n) is 7.90. The van der Waals surface area contributed by atoms with E-state index in [9.17, 15) is 10.2 Å². The molecule has 120 valence electrons. The maximum absolute atomic E-state index is 9.76. The van der Waals surface area contributed by atoms with Gasteiger partial charge in [-0.15, -0.1) is 0 Å². The monoisotopic (exact) mass is 290 g/mol. The minimum atomic E-state index is -0.994. The minimum absolute atomic E-state index is 0.156. The molecular weight excluding hydrogens is 260 g/mol. The number of hydrogen-bond acceptors (Lipinski definition) is 5. The van der Waals surface area contributed by atoms with Gasteiger partial charge in [0.2, 0.25) is 0 Å². The lowest BCUT2D eigenvalue weighted by molar-refractivity contribution is -0.0938. The lowest BCUT2D eigenvalue weighted by Crippen LogP contribution is -2.42. The molecule has 1 rings (SSSR count). The Morgan fingerprint density at radius 1 is 1.15 bits per heavy atom. The number of unbranched alkanes of at least 4 members (excludes halogenated alkanes) is 6. The van der Waals surface area contributed by atoms with Crippen LogP contribution in [0.25, 0.3) is 0 Å². The van der Waals surface area contributed by atoms with Crippen LogP contribution in [0.3, 0.4) is 0 Å². The molecule has 20 heavy (non-hydrogen) atoms. The minimum Gasteiger partial charge on any atom is -0.394 e. The van der Waals surface area contributed by atoms with E-state index in [-0.39, 0.29) is 13.2 Å². The topological polar surface area (TPSA) is 79.2 Å². The second-order valence-corrected chi connectivity index (χ2v) is 5.57. The van der Waals surface area contributed by atoms with Crippen LogP contribution >= 0.6 is 0 Å². The highest BCUT2D eigenvalue weighted by molar-refractivity contribution is 4.89. The number of ether oxygens (including phenoxy) is 2. The highest BCUT2D eigenvalue weighted by Crippen LogP contribution is 2.21. The number of hydrogen-bond donors (Lipinski definition) is 3. The van der Waals surface area contributed by atoms with Crippen molar-refractivity contribution in [1.82, 2.24) is 0 Å². The van der Waals surface area contributed by atoms with E-state index in [1.165, 1.54) is 32.1 Å². The fraction of sp³-hybridized carbons (Fsp3) is 1.00. The second kappa shape index (κ2) is 10.5. The average molecular weight is 290 g/mol. The average Bonchev–Trinajstić information content (AvgIpc) is 2.82. The summed E-state index contributed by atoms with van der Waals surface area (Å²) in [7, 11) is 0. The fourth-order valence-corrected chi connectivity index (χ4v) is 2.54. The first kappa shape index (κ1) is 17.9. The first-order valence-corrected chi connectivity index (χ1v) is 7.90. The van der Waals surface area contributed by atoms with Gasteiger partial charge in [-0.25, -0.2) is 0 Å².